The van der Waals surface area contributed by atoms with Gasteiger partial charge in [0.25, 0.3) is 0 Å². The van der Waals surface area contributed by atoms with E-state index in [2.05, 4.69) is 20.9 Å². The number of hydrogen-bond acceptors (Lipinski definition) is 1. The summed E-state index contributed by atoms with van der Waals surface area (Å²) in [7, 11) is 0. The summed E-state index contributed by atoms with van der Waals surface area (Å²) in [5.41, 5.74) is 7.09. The van der Waals surface area contributed by atoms with Crippen molar-refractivity contribution < 1.29 is 0 Å². The summed E-state index contributed by atoms with van der Waals surface area (Å²) in [6.07, 6.45) is 0. The van der Waals surface area contributed by atoms with E-state index in [1.165, 1.54) is 0 Å². The Hall–Kier alpha value is -0.250. The van der Waals surface area contributed by atoms with Crippen molar-refractivity contribution in [2.45, 2.75) is 6.92 Å². The molecule has 0 amide bonds. The number of nitrogens with zero attached hydrogens (tertiary/aromatic N) is 1. The van der Waals surface area contributed by atoms with Crippen molar-refractivity contribution in [1.82, 2.24) is 0 Å². The van der Waals surface area contributed by atoms with Crippen LogP contribution in [0.4, 0.5) is 5.69 Å². The van der Waals surface area contributed by atoms with Crippen LogP contribution in [0.15, 0.2) is 21.6 Å². The topological polar surface area (TPSA) is 38.4 Å². The number of aliphatic imine (C=N–C) groups is 1. The Balaban J connectivity index is 3.18. The lowest BCUT2D eigenvalue weighted by Crippen LogP contribution is -2.12. The van der Waals surface area contributed by atoms with Gasteiger partial charge in [-0.1, -0.05) is 27.5 Å². The Morgan fingerprint density at radius 1 is 1.57 bits per heavy atom. The van der Waals surface area contributed by atoms with Crippen molar-refractivity contribution in [3.05, 3.63) is 27.2 Å². The summed E-state index contributed by atoms with van der Waals surface area (Å²) < 4.78 is 0.950. The molecule has 0 atom stereocenters. The smallest absolute Gasteiger partial charge is 0.115 e. The van der Waals surface area contributed by atoms with Crippen molar-refractivity contribution in [2.24, 2.45) is 10.7 Å². The minimum Gasteiger partial charge on any atom is -0.386 e. The van der Waals surface area contributed by atoms with Gasteiger partial charge >= 0.3 is 0 Å². The fraction of sp³-hybridized carbons (Fsp3) is 0.222. The third kappa shape index (κ3) is 2.62. The molecule has 76 valence electrons. The van der Waals surface area contributed by atoms with Crippen LogP contribution in [0.3, 0.4) is 0 Å². The van der Waals surface area contributed by atoms with E-state index in [1.807, 2.05) is 13.0 Å². The number of nitrogens with two attached hydrogens (primary N) is 1. The van der Waals surface area contributed by atoms with Gasteiger partial charge in [-0.15, -0.1) is 11.6 Å². The second-order valence-electron chi connectivity index (χ2n) is 2.74. The lowest BCUT2D eigenvalue weighted by atomic mass is 10.2. The number of benzene rings is 1. The molecule has 0 saturated carbocycles. The van der Waals surface area contributed by atoms with Gasteiger partial charge in [-0.05, 0) is 24.6 Å². The highest BCUT2D eigenvalue weighted by molar-refractivity contribution is 9.10. The normalized spacial score (nSPS) is 11.9. The van der Waals surface area contributed by atoms with Crippen molar-refractivity contribution >= 4 is 50.7 Å². The van der Waals surface area contributed by atoms with Gasteiger partial charge in [0.15, 0.2) is 0 Å². The summed E-state index contributed by atoms with van der Waals surface area (Å²) in [6, 6.07) is 3.67. The molecule has 0 bridgehead atoms. The maximum Gasteiger partial charge on any atom is 0.115 e. The van der Waals surface area contributed by atoms with E-state index in [-0.39, 0.29) is 5.88 Å². The molecule has 5 heteroatoms. The SMILES string of the molecule is Cc1c(Br)ccc(N=C(N)CCl)c1Cl. The summed E-state index contributed by atoms with van der Waals surface area (Å²) in [6.45, 7) is 1.91. The van der Waals surface area contributed by atoms with Gasteiger partial charge in [-0.3, -0.25) is 0 Å². The zero-order valence-corrected chi connectivity index (χ0v) is 10.6. The van der Waals surface area contributed by atoms with Crippen LogP contribution < -0.4 is 5.73 Å². The highest BCUT2D eigenvalue weighted by Crippen LogP contribution is 2.32. The predicted molar refractivity (Wildman–Crippen MR) is 65.9 cm³/mol. The van der Waals surface area contributed by atoms with Crippen molar-refractivity contribution in [3.63, 3.8) is 0 Å². The number of halogens is 3. The monoisotopic (exact) mass is 294 g/mol. The lowest BCUT2D eigenvalue weighted by molar-refractivity contribution is 1.38. The average molecular weight is 296 g/mol. The molecule has 0 aromatic heterocycles. The summed E-state index contributed by atoms with van der Waals surface area (Å²) in [5, 5.41) is 0.590. The van der Waals surface area contributed by atoms with Crippen molar-refractivity contribution in [3.8, 4) is 0 Å². The highest BCUT2D eigenvalue weighted by Gasteiger charge is 2.05. The molecule has 0 aliphatic rings. The van der Waals surface area contributed by atoms with Crippen LogP contribution in [0.2, 0.25) is 5.02 Å². The fourth-order valence-electron chi connectivity index (χ4n) is 0.918. The third-order valence-corrected chi connectivity index (χ3v) is 3.31. The molecule has 2 N–H and O–H groups in total. The third-order valence-electron chi connectivity index (χ3n) is 1.70. The van der Waals surface area contributed by atoms with Crippen LogP contribution in [0, 0.1) is 6.92 Å². The van der Waals surface area contributed by atoms with E-state index in [9.17, 15) is 0 Å². The molecule has 2 nitrogen and oxygen atoms in total. The molecule has 0 fully saturated rings. The van der Waals surface area contributed by atoms with E-state index in [0.29, 0.717) is 16.5 Å². The van der Waals surface area contributed by atoms with Crippen LogP contribution in [0.5, 0.6) is 0 Å². The second-order valence-corrected chi connectivity index (χ2v) is 4.24. The van der Waals surface area contributed by atoms with E-state index >= 15 is 0 Å². The first-order chi connectivity index (χ1) is 6.56. The lowest BCUT2D eigenvalue weighted by Gasteiger charge is -2.04. The molecule has 0 radical (unpaired) electrons. The van der Waals surface area contributed by atoms with Gasteiger partial charge in [0.1, 0.15) is 5.84 Å². The number of alkyl halides is 1. The number of rotatable bonds is 2. The molecule has 1 aromatic rings. The standard InChI is InChI=1S/C9H9BrCl2N2/c1-5-6(10)2-3-7(9(5)12)14-8(13)4-11/h2-3H,4H2,1H3,(H2,13,14). The van der Waals surface area contributed by atoms with E-state index < -0.39 is 0 Å². The molecule has 1 aromatic carbocycles. The zero-order chi connectivity index (χ0) is 10.7. The Morgan fingerprint density at radius 3 is 2.79 bits per heavy atom. The minimum absolute atomic E-state index is 0.200. The van der Waals surface area contributed by atoms with E-state index in [0.717, 1.165) is 10.0 Å². The van der Waals surface area contributed by atoms with Gasteiger partial charge in [0.05, 0.1) is 16.6 Å². The fourth-order valence-corrected chi connectivity index (χ4v) is 1.63. The quantitative estimate of drug-likeness (QED) is 0.505. The van der Waals surface area contributed by atoms with Crippen LogP contribution in [-0.2, 0) is 0 Å². The molecule has 0 unspecified atom stereocenters. The largest absolute Gasteiger partial charge is 0.386 e. The Bertz CT molecular complexity index is 377. The van der Waals surface area contributed by atoms with Gasteiger partial charge in [-0.2, -0.15) is 0 Å². The number of amidine groups is 1. The molecular formula is C9H9BrCl2N2. The van der Waals surface area contributed by atoms with Crippen molar-refractivity contribution in [1.29, 1.82) is 0 Å². The number of hydrogen-bond donors (Lipinski definition) is 1. The maximum absolute atomic E-state index is 6.06. The molecule has 14 heavy (non-hydrogen) atoms. The summed E-state index contributed by atoms with van der Waals surface area (Å²) in [5.74, 6) is 0.557. The van der Waals surface area contributed by atoms with Crippen molar-refractivity contribution in [2.75, 3.05) is 5.88 Å². The van der Waals surface area contributed by atoms with E-state index in [1.54, 1.807) is 6.07 Å². The highest BCUT2D eigenvalue weighted by atomic mass is 79.9. The molecule has 0 aliphatic carbocycles. The summed E-state index contributed by atoms with van der Waals surface area (Å²) in [4.78, 5) is 4.09. The van der Waals surface area contributed by atoms with E-state index in [4.69, 9.17) is 28.9 Å². The van der Waals surface area contributed by atoms with Gasteiger partial charge in [0.2, 0.25) is 0 Å². The predicted octanol–water partition coefficient (Wildman–Crippen LogP) is 3.64. The molecular weight excluding hydrogens is 287 g/mol. The van der Waals surface area contributed by atoms with Gasteiger partial charge in [-0.25, -0.2) is 4.99 Å². The van der Waals surface area contributed by atoms with Crippen LogP contribution in [0.1, 0.15) is 5.56 Å². The average Bonchev–Trinajstić information content (AvgIpc) is 2.19. The van der Waals surface area contributed by atoms with Crippen LogP contribution >= 0.6 is 39.1 Å². The first kappa shape index (κ1) is 11.8. The molecule has 0 aliphatic heterocycles. The molecule has 1 rings (SSSR count). The molecule has 0 heterocycles. The Labute approximate surface area is 101 Å². The second kappa shape index (κ2) is 5.01. The van der Waals surface area contributed by atoms with Gasteiger partial charge < -0.3 is 5.73 Å². The minimum atomic E-state index is 0.200. The Kier molecular flexibility index (Phi) is 4.23. The zero-order valence-electron chi connectivity index (χ0n) is 7.52. The van der Waals surface area contributed by atoms with Crippen LogP contribution in [-0.4, -0.2) is 11.7 Å². The maximum atomic E-state index is 6.06. The van der Waals surface area contributed by atoms with Gasteiger partial charge in [0, 0.05) is 4.47 Å². The Morgan fingerprint density at radius 2 is 2.21 bits per heavy atom. The molecule has 0 saturated heterocycles. The molecule has 0 spiro atoms. The van der Waals surface area contributed by atoms with Crippen LogP contribution in [0.25, 0.3) is 0 Å². The first-order valence-corrected chi connectivity index (χ1v) is 5.60. The first-order valence-electron chi connectivity index (χ1n) is 3.90. The summed E-state index contributed by atoms with van der Waals surface area (Å²) >= 11 is 15.0.